The van der Waals surface area contributed by atoms with Gasteiger partial charge in [0.2, 0.25) is 0 Å². The molecule has 0 amide bonds. The Morgan fingerprint density at radius 1 is 0.652 bits per heavy atom. The molecule has 1 rings (SSSR count). The van der Waals surface area contributed by atoms with Gasteiger partial charge in [-0.15, -0.1) is 0 Å². The molecule has 0 aromatic heterocycles. The Morgan fingerprint density at radius 3 is 1.30 bits per heavy atom. The Balaban J connectivity index is 3.39. The SMILES string of the molecule is FCC(F)(F)C(F)(F)C(F)(F)C(F)(F)C(F)(F)C(F)(F)C1CO1. The summed E-state index contributed by atoms with van der Waals surface area (Å²) in [6.45, 7) is -4.90. The summed E-state index contributed by atoms with van der Waals surface area (Å²) in [5.41, 5.74) is 0. The first-order valence-electron chi connectivity index (χ1n) is 5.36. The van der Waals surface area contributed by atoms with E-state index in [0.717, 1.165) is 0 Å². The smallest absolute Gasteiger partial charge is 0.366 e. The fraction of sp³-hybridized carbons (Fsp3) is 1.00. The number of alkyl halides is 13. The lowest BCUT2D eigenvalue weighted by molar-refractivity contribution is -0.426. The van der Waals surface area contributed by atoms with Crippen LogP contribution in [0, 0.1) is 0 Å². The molecular formula is C9H5F13O. The summed E-state index contributed by atoms with van der Waals surface area (Å²) >= 11 is 0. The summed E-state index contributed by atoms with van der Waals surface area (Å²) in [5, 5.41) is 0. The first-order valence-corrected chi connectivity index (χ1v) is 5.36. The highest BCUT2D eigenvalue weighted by Gasteiger charge is 2.91. The molecule has 1 fully saturated rings. The molecule has 0 saturated carbocycles. The minimum absolute atomic E-state index is 1.28. The minimum atomic E-state index is -7.71. The number of hydrogen-bond acceptors (Lipinski definition) is 1. The van der Waals surface area contributed by atoms with Crippen molar-refractivity contribution in [3.05, 3.63) is 0 Å². The van der Waals surface area contributed by atoms with E-state index in [9.17, 15) is 57.1 Å². The molecule has 1 aliphatic rings. The van der Waals surface area contributed by atoms with Crippen LogP contribution >= 0.6 is 0 Å². The Hall–Kier alpha value is -0.950. The van der Waals surface area contributed by atoms with Crippen LogP contribution in [-0.2, 0) is 4.74 Å². The molecule has 0 aromatic carbocycles. The molecule has 0 aliphatic carbocycles. The van der Waals surface area contributed by atoms with Crippen LogP contribution in [0.4, 0.5) is 57.1 Å². The van der Waals surface area contributed by atoms with Crippen molar-refractivity contribution in [2.24, 2.45) is 0 Å². The van der Waals surface area contributed by atoms with Crippen LogP contribution in [0.2, 0.25) is 0 Å². The van der Waals surface area contributed by atoms with Gasteiger partial charge in [0.1, 0.15) is 0 Å². The average molecular weight is 376 g/mol. The Kier molecular flexibility index (Phi) is 4.39. The van der Waals surface area contributed by atoms with Gasteiger partial charge in [-0.1, -0.05) is 0 Å². The highest BCUT2D eigenvalue weighted by Crippen LogP contribution is 2.61. The standard InChI is InChI=1S/C9H5F13O/c10-2-4(11,12)6(15,16)8(19,20)9(21,22)7(17,18)5(13,14)3-1-23-3/h3H,1-2H2. The van der Waals surface area contributed by atoms with Crippen LogP contribution in [-0.4, -0.2) is 54.9 Å². The molecule has 1 heterocycles. The van der Waals surface area contributed by atoms with Gasteiger partial charge < -0.3 is 4.74 Å². The van der Waals surface area contributed by atoms with Gasteiger partial charge in [0.05, 0.1) is 6.61 Å². The Labute approximate surface area is 118 Å². The molecule has 1 atom stereocenters. The number of epoxide rings is 1. The summed E-state index contributed by atoms with van der Waals surface area (Å²) in [7, 11) is 0. The van der Waals surface area contributed by atoms with Gasteiger partial charge >= 0.3 is 35.5 Å². The van der Waals surface area contributed by atoms with Gasteiger partial charge in [0.25, 0.3) is 0 Å². The molecule has 1 aliphatic heterocycles. The van der Waals surface area contributed by atoms with Crippen LogP contribution < -0.4 is 0 Å². The predicted octanol–water partition coefficient (Wildman–Crippen LogP) is 4.17. The zero-order valence-electron chi connectivity index (χ0n) is 10.3. The van der Waals surface area contributed by atoms with Crippen LogP contribution in [0.15, 0.2) is 0 Å². The molecule has 1 nitrogen and oxygen atoms in total. The summed E-state index contributed by atoms with van der Waals surface area (Å²) < 4.78 is 170. The molecule has 0 aromatic rings. The first-order chi connectivity index (χ1) is 9.92. The maximum Gasteiger partial charge on any atom is 0.384 e. The molecule has 0 radical (unpaired) electrons. The number of halogens is 13. The van der Waals surface area contributed by atoms with Crippen molar-refractivity contribution in [3.8, 4) is 0 Å². The van der Waals surface area contributed by atoms with Crippen molar-refractivity contribution in [2.45, 2.75) is 41.6 Å². The summed E-state index contributed by atoms with van der Waals surface area (Å²) in [5.74, 6) is -42.5. The third-order valence-electron chi connectivity index (χ3n) is 2.97. The topological polar surface area (TPSA) is 12.5 Å². The summed E-state index contributed by atoms with van der Waals surface area (Å²) in [6, 6.07) is 0. The van der Waals surface area contributed by atoms with Crippen LogP contribution in [0.3, 0.4) is 0 Å². The summed E-state index contributed by atoms with van der Waals surface area (Å²) in [4.78, 5) is 0. The normalized spacial score (nSPS) is 21.5. The van der Waals surface area contributed by atoms with Crippen LogP contribution in [0.25, 0.3) is 0 Å². The van der Waals surface area contributed by atoms with E-state index in [4.69, 9.17) is 0 Å². The molecule has 23 heavy (non-hydrogen) atoms. The quantitative estimate of drug-likeness (QED) is 0.480. The number of hydrogen-bond donors (Lipinski definition) is 0. The Morgan fingerprint density at radius 2 is 1.00 bits per heavy atom. The maximum absolute atomic E-state index is 13.1. The molecular weight excluding hydrogens is 371 g/mol. The van der Waals surface area contributed by atoms with Crippen LogP contribution in [0.1, 0.15) is 0 Å². The van der Waals surface area contributed by atoms with Crippen molar-refractivity contribution in [3.63, 3.8) is 0 Å². The number of ether oxygens (including phenoxy) is 1. The van der Waals surface area contributed by atoms with Crippen LogP contribution in [0.5, 0.6) is 0 Å². The second-order valence-electron chi connectivity index (χ2n) is 4.58. The zero-order chi connectivity index (χ0) is 18.7. The van der Waals surface area contributed by atoms with E-state index in [1.807, 2.05) is 0 Å². The highest BCUT2D eigenvalue weighted by atomic mass is 19.4. The lowest BCUT2D eigenvalue weighted by Crippen LogP contribution is -2.71. The lowest BCUT2D eigenvalue weighted by Gasteiger charge is -2.40. The molecule has 0 bridgehead atoms. The minimum Gasteiger partial charge on any atom is -0.366 e. The van der Waals surface area contributed by atoms with Gasteiger partial charge in [-0.3, -0.25) is 0 Å². The fourth-order valence-corrected chi connectivity index (χ4v) is 1.38. The Bertz CT molecular complexity index is 452. The largest absolute Gasteiger partial charge is 0.384 e. The zero-order valence-corrected chi connectivity index (χ0v) is 10.3. The van der Waals surface area contributed by atoms with Gasteiger partial charge in [-0.25, -0.2) is 4.39 Å². The van der Waals surface area contributed by atoms with Gasteiger partial charge in [-0.05, 0) is 0 Å². The lowest BCUT2D eigenvalue weighted by atomic mass is 9.90. The van der Waals surface area contributed by atoms with E-state index < -0.39 is 54.9 Å². The summed E-state index contributed by atoms with van der Waals surface area (Å²) in [6.07, 6.45) is -2.99. The third-order valence-corrected chi connectivity index (χ3v) is 2.97. The van der Waals surface area contributed by atoms with E-state index in [0.29, 0.717) is 0 Å². The van der Waals surface area contributed by atoms with Gasteiger partial charge in [-0.2, -0.15) is 52.7 Å². The van der Waals surface area contributed by atoms with E-state index in [2.05, 4.69) is 4.74 Å². The van der Waals surface area contributed by atoms with Crippen molar-refractivity contribution >= 4 is 0 Å². The molecule has 0 N–H and O–H groups in total. The van der Waals surface area contributed by atoms with E-state index in [-0.39, 0.29) is 0 Å². The van der Waals surface area contributed by atoms with Crippen molar-refractivity contribution in [1.82, 2.24) is 0 Å². The third kappa shape index (κ3) is 2.43. The first kappa shape index (κ1) is 20.1. The van der Waals surface area contributed by atoms with E-state index in [1.165, 1.54) is 0 Å². The van der Waals surface area contributed by atoms with E-state index in [1.54, 1.807) is 0 Å². The maximum atomic E-state index is 13.1. The fourth-order valence-electron chi connectivity index (χ4n) is 1.38. The molecule has 1 unspecified atom stereocenters. The molecule has 14 heteroatoms. The van der Waals surface area contributed by atoms with Crippen molar-refractivity contribution < 1.29 is 61.8 Å². The molecule has 0 spiro atoms. The van der Waals surface area contributed by atoms with Gasteiger partial charge in [0, 0.05) is 0 Å². The molecule has 1 saturated heterocycles. The second-order valence-corrected chi connectivity index (χ2v) is 4.58. The predicted molar refractivity (Wildman–Crippen MR) is 45.4 cm³/mol. The van der Waals surface area contributed by atoms with Crippen molar-refractivity contribution in [2.75, 3.05) is 13.3 Å². The van der Waals surface area contributed by atoms with Gasteiger partial charge in [0.15, 0.2) is 12.8 Å². The number of rotatable bonds is 7. The van der Waals surface area contributed by atoms with Crippen molar-refractivity contribution in [1.29, 1.82) is 0 Å². The second kappa shape index (κ2) is 5.02. The average Bonchev–Trinajstić information content (AvgIpc) is 3.21. The highest BCUT2D eigenvalue weighted by molar-refractivity contribution is 5.14. The molecule has 138 valence electrons. The monoisotopic (exact) mass is 376 g/mol. The van der Waals surface area contributed by atoms with E-state index >= 15 is 0 Å².